The quantitative estimate of drug-likeness (QED) is 0.698. The molecule has 0 aromatic rings. The van der Waals surface area contributed by atoms with Crippen molar-refractivity contribution in [2.24, 2.45) is 0 Å². The van der Waals surface area contributed by atoms with Gasteiger partial charge in [-0.15, -0.1) is 0 Å². The van der Waals surface area contributed by atoms with Crippen LogP contribution in [-0.2, 0) is 9.53 Å². The highest BCUT2D eigenvalue weighted by Crippen LogP contribution is 2.16. The lowest BCUT2D eigenvalue weighted by molar-refractivity contribution is -0.148. The van der Waals surface area contributed by atoms with Crippen LogP contribution in [0.1, 0.15) is 26.2 Å². The molecule has 2 heterocycles. The van der Waals surface area contributed by atoms with Crippen LogP contribution in [0, 0.1) is 0 Å². The number of carbonyl (C=O) groups is 1. The van der Waals surface area contributed by atoms with Crippen molar-refractivity contribution in [1.29, 1.82) is 0 Å². The molecule has 1 atom stereocenters. The first-order chi connectivity index (χ1) is 8.31. The monoisotopic (exact) mass is 239 g/mol. The van der Waals surface area contributed by atoms with E-state index in [4.69, 9.17) is 4.74 Å². The molecule has 2 aliphatic rings. The van der Waals surface area contributed by atoms with Gasteiger partial charge in [-0.25, -0.2) is 5.43 Å². The summed E-state index contributed by atoms with van der Waals surface area (Å²) in [5.74, 6) is -0.133. The van der Waals surface area contributed by atoms with Crippen LogP contribution in [0.2, 0.25) is 0 Å². The number of hydrazine groups is 1. The molecule has 0 spiro atoms. The second kappa shape index (κ2) is 6.02. The van der Waals surface area contributed by atoms with Gasteiger partial charge >= 0.3 is 5.97 Å². The molecular formula is C12H21N3O2. The second-order valence-electron chi connectivity index (χ2n) is 4.38. The van der Waals surface area contributed by atoms with Crippen molar-refractivity contribution in [1.82, 2.24) is 15.8 Å². The zero-order chi connectivity index (χ0) is 12.1. The summed E-state index contributed by atoms with van der Waals surface area (Å²) in [4.78, 5) is 11.7. The number of hydrogen-bond donors (Lipinski definition) is 2. The van der Waals surface area contributed by atoms with Gasteiger partial charge in [0.2, 0.25) is 0 Å². The van der Waals surface area contributed by atoms with Crippen LogP contribution in [0.5, 0.6) is 0 Å². The molecule has 0 radical (unpaired) electrons. The lowest BCUT2D eigenvalue weighted by Gasteiger charge is -2.36. The van der Waals surface area contributed by atoms with E-state index in [-0.39, 0.29) is 12.0 Å². The van der Waals surface area contributed by atoms with E-state index < -0.39 is 0 Å². The number of rotatable bonds is 3. The lowest BCUT2D eigenvalue weighted by Crippen LogP contribution is -2.53. The highest BCUT2D eigenvalue weighted by Gasteiger charge is 2.27. The standard InChI is InChI=1S/C12H21N3O2/c1-2-17-12(16)11-4-3-9-15(14-11)10-5-7-13-8-6-10/h5,11,13-14H,2-4,6-9H2,1H3. The first kappa shape index (κ1) is 12.4. The molecule has 1 unspecified atom stereocenters. The van der Waals surface area contributed by atoms with E-state index in [2.05, 4.69) is 21.8 Å². The molecule has 5 nitrogen and oxygen atoms in total. The molecule has 1 fully saturated rings. The molecule has 0 bridgehead atoms. The van der Waals surface area contributed by atoms with Crippen LogP contribution in [-0.4, -0.2) is 43.3 Å². The Kier molecular flexibility index (Phi) is 4.39. The maximum Gasteiger partial charge on any atom is 0.324 e. The molecule has 17 heavy (non-hydrogen) atoms. The number of nitrogens with one attached hydrogen (secondary N) is 2. The Balaban J connectivity index is 1.92. The van der Waals surface area contributed by atoms with Crippen molar-refractivity contribution >= 4 is 5.97 Å². The molecule has 2 aliphatic heterocycles. The van der Waals surface area contributed by atoms with Crippen molar-refractivity contribution in [3.63, 3.8) is 0 Å². The third kappa shape index (κ3) is 3.20. The van der Waals surface area contributed by atoms with E-state index in [1.807, 2.05) is 6.92 Å². The minimum absolute atomic E-state index is 0.133. The number of ether oxygens (including phenoxy) is 1. The lowest BCUT2D eigenvalue weighted by atomic mass is 10.1. The summed E-state index contributed by atoms with van der Waals surface area (Å²) in [5, 5.41) is 5.40. The van der Waals surface area contributed by atoms with Gasteiger partial charge < -0.3 is 15.1 Å². The molecule has 2 rings (SSSR count). The summed E-state index contributed by atoms with van der Waals surface area (Å²) in [7, 11) is 0. The Morgan fingerprint density at radius 2 is 2.53 bits per heavy atom. The summed E-state index contributed by atoms with van der Waals surface area (Å²) in [6.07, 6.45) is 5.09. The summed E-state index contributed by atoms with van der Waals surface area (Å²) in [6.45, 7) is 5.19. The first-order valence-electron chi connectivity index (χ1n) is 6.41. The highest BCUT2D eigenvalue weighted by atomic mass is 16.5. The SMILES string of the molecule is CCOC(=O)C1CCCN(C2=CCNCC2)N1. The van der Waals surface area contributed by atoms with E-state index in [0.717, 1.165) is 38.9 Å². The predicted molar refractivity (Wildman–Crippen MR) is 65.1 cm³/mol. The summed E-state index contributed by atoms with van der Waals surface area (Å²) in [5.41, 5.74) is 4.56. The molecule has 96 valence electrons. The Bertz CT molecular complexity index is 304. The number of carbonyl (C=O) groups excluding carboxylic acids is 1. The maximum absolute atomic E-state index is 11.7. The fourth-order valence-corrected chi connectivity index (χ4v) is 2.27. The van der Waals surface area contributed by atoms with Gasteiger partial charge in [0, 0.05) is 31.8 Å². The molecule has 1 saturated heterocycles. The summed E-state index contributed by atoms with van der Waals surface area (Å²) < 4.78 is 5.06. The van der Waals surface area contributed by atoms with E-state index >= 15 is 0 Å². The van der Waals surface area contributed by atoms with Crippen molar-refractivity contribution in [3.05, 3.63) is 11.8 Å². The number of hydrogen-bond acceptors (Lipinski definition) is 5. The third-order valence-corrected chi connectivity index (χ3v) is 3.14. The molecule has 5 heteroatoms. The first-order valence-corrected chi connectivity index (χ1v) is 6.41. The van der Waals surface area contributed by atoms with Crippen LogP contribution in [0.25, 0.3) is 0 Å². The van der Waals surface area contributed by atoms with Crippen LogP contribution in [0.3, 0.4) is 0 Å². The van der Waals surface area contributed by atoms with Crippen LogP contribution in [0.4, 0.5) is 0 Å². The fraction of sp³-hybridized carbons (Fsp3) is 0.750. The predicted octanol–water partition coefficient (Wildman–Crippen LogP) is 0.396. The average molecular weight is 239 g/mol. The van der Waals surface area contributed by atoms with Crippen molar-refractivity contribution in [2.45, 2.75) is 32.2 Å². The Hall–Kier alpha value is -1.07. The number of nitrogens with zero attached hydrogens (tertiary/aromatic N) is 1. The van der Waals surface area contributed by atoms with Crippen LogP contribution in [0.15, 0.2) is 11.8 Å². The molecule has 0 aromatic carbocycles. The van der Waals surface area contributed by atoms with Gasteiger partial charge in [-0.05, 0) is 19.8 Å². The van der Waals surface area contributed by atoms with E-state index in [9.17, 15) is 4.79 Å². The van der Waals surface area contributed by atoms with E-state index in [1.54, 1.807) is 0 Å². The molecule has 0 aliphatic carbocycles. The third-order valence-electron chi connectivity index (χ3n) is 3.14. The largest absolute Gasteiger partial charge is 0.465 e. The van der Waals surface area contributed by atoms with Crippen molar-refractivity contribution in [3.8, 4) is 0 Å². The molecule has 0 amide bonds. The summed E-state index contributed by atoms with van der Waals surface area (Å²) in [6, 6.07) is -0.181. The highest BCUT2D eigenvalue weighted by molar-refractivity contribution is 5.75. The zero-order valence-electron chi connectivity index (χ0n) is 10.4. The molecule has 0 saturated carbocycles. The van der Waals surface area contributed by atoms with Gasteiger partial charge in [0.1, 0.15) is 6.04 Å². The smallest absolute Gasteiger partial charge is 0.324 e. The van der Waals surface area contributed by atoms with Gasteiger partial charge in [0.25, 0.3) is 0 Å². The second-order valence-corrected chi connectivity index (χ2v) is 4.38. The minimum atomic E-state index is -0.181. The molecule has 0 aromatic heterocycles. The van der Waals surface area contributed by atoms with Gasteiger partial charge in [-0.3, -0.25) is 4.79 Å². The van der Waals surface area contributed by atoms with E-state index in [1.165, 1.54) is 5.70 Å². The normalized spacial score (nSPS) is 25.4. The fourth-order valence-electron chi connectivity index (χ4n) is 2.27. The summed E-state index contributed by atoms with van der Waals surface area (Å²) >= 11 is 0. The van der Waals surface area contributed by atoms with Crippen LogP contribution >= 0.6 is 0 Å². The minimum Gasteiger partial charge on any atom is -0.465 e. The molecular weight excluding hydrogens is 218 g/mol. The van der Waals surface area contributed by atoms with Gasteiger partial charge in [-0.1, -0.05) is 6.08 Å². The van der Waals surface area contributed by atoms with Crippen molar-refractivity contribution in [2.75, 3.05) is 26.2 Å². The average Bonchev–Trinajstić information content (AvgIpc) is 2.40. The van der Waals surface area contributed by atoms with Crippen molar-refractivity contribution < 1.29 is 9.53 Å². The Morgan fingerprint density at radius 1 is 1.65 bits per heavy atom. The van der Waals surface area contributed by atoms with E-state index in [0.29, 0.717) is 6.61 Å². The zero-order valence-corrected chi connectivity index (χ0v) is 10.4. The topological polar surface area (TPSA) is 53.6 Å². The Morgan fingerprint density at radius 3 is 3.24 bits per heavy atom. The number of esters is 1. The van der Waals surface area contributed by atoms with Gasteiger partial charge in [0.15, 0.2) is 0 Å². The van der Waals surface area contributed by atoms with Gasteiger partial charge in [-0.2, -0.15) is 0 Å². The van der Waals surface area contributed by atoms with Crippen LogP contribution < -0.4 is 10.7 Å². The Labute approximate surface area is 102 Å². The maximum atomic E-state index is 11.7. The van der Waals surface area contributed by atoms with Gasteiger partial charge in [0.05, 0.1) is 6.61 Å². The molecule has 2 N–H and O–H groups in total.